The van der Waals surface area contributed by atoms with Crippen LogP contribution in [0.3, 0.4) is 0 Å². The summed E-state index contributed by atoms with van der Waals surface area (Å²) in [5.41, 5.74) is 6.12. The van der Waals surface area contributed by atoms with E-state index in [1.807, 2.05) is 13.8 Å². The second kappa shape index (κ2) is 4.52. The zero-order chi connectivity index (χ0) is 14.2. The Balaban J connectivity index is 2.47. The molecule has 0 unspecified atom stereocenters. The first-order chi connectivity index (χ1) is 8.77. The highest BCUT2D eigenvalue weighted by atomic mass is 19.4. The largest absolute Gasteiger partial charge is 0.451 e. The minimum Gasteiger partial charge on any atom is -0.384 e. The number of nitrogen functional groups attached to an aromatic ring is 1. The number of hydrogen-bond acceptors (Lipinski definition) is 4. The van der Waals surface area contributed by atoms with Crippen LogP contribution < -0.4 is 5.73 Å². The summed E-state index contributed by atoms with van der Waals surface area (Å²) in [5.74, 6) is -1.36. The number of nitrogens with two attached hydrogens (primary N) is 1. The minimum absolute atomic E-state index is 0.00766. The fourth-order valence-corrected chi connectivity index (χ4v) is 1.47. The number of anilines is 1. The van der Waals surface area contributed by atoms with E-state index in [0.29, 0.717) is 0 Å². The van der Waals surface area contributed by atoms with Gasteiger partial charge in [-0.15, -0.1) is 0 Å². The molecule has 0 saturated carbocycles. The average Bonchev–Trinajstić information content (AvgIpc) is 2.76. The van der Waals surface area contributed by atoms with Crippen molar-refractivity contribution in [3.63, 3.8) is 0 Å². The molecule has 2 heterocycles. The van der Waals surface area contributed by atoms with Crippen molar-refractivity contribution < 1.29 is 13.2 Å². The maximum Gasteiger partial charge on any atom is 0.451 e. The SMILES string of the molecule is CC(C)c1ccn(-c2cc(N)nc(C(F)(F)F)n2)n1. The minimum atomic E-state index is -4.64. The van der Waals surface area contributed by atoms with Crippen LogP contribution in [0.5, 0.6) is 0 Å². The van der Waals surface area contributed by atoms with Gasteiger partial charge >= 0.3 is 6.18 Å². The molecule has 0 aliphatic heterocycles. The third-order valence-corrected chi connectivity index (χ3v) is 2.42. The van der Waals surface area contributed by atoms with E-state index in [2.05, 4.69) is 15.1 Å². The molecular weight excluding hydrogens is 259 g/mol. The van der Waals surface area contributed by atoms with E-state index in [-0.39, 0.29) is 17.6 Å². The molecule has 8 heteroatoms. The second-order valence-electron chi connectivity index (χ2n) is 4.31. The molecule has 0 fully saturated rings. The van der Waals surface area contributed by atoms with Gasteiger partial charge in [0.2, 0.25) is 5.82 Å². The summed E-state index contributed by atoms with van der Waals surface area (Å²) in [6.07, 6.45) is -3.10. The molecule has 2 aromatic rings. The lowest BCUT2D eigenvalue weighted by molar-refractivity contribution is -0.144. The van der Waals surface area contributed by atoms with Gasteiger partial charge in [-0.3, -0.25) is 0 Å². The molecule has 0 radical (unpaired) electrons. The van der Waals surface area contributed by atoms with Crippen LogP contribution in [-0.2, 0) is 6.18 Å². The Bertz CT molecular complexity index is 588. The lowest BCUT2D eigenvalue weighted by atomic mass is 10.1. The van der Waals surface area contributed by atoms with E-state index in [4.69, 9.17) is 5.73 Å². The molecule has 102 valence electrons. The quantitative estimate of drug-likeness (QED) is 0.910. The number of halogens is 3. The topological polar surface area (TPSA) is 69.6 Å². The molecule has 0 saturated heterocycles. The van der Waals surface area contributed by atoms with Crippen LogP contribution in [0, 0.1) is 0 Å². The maximum absolute atomic E-state index is 12.6. The molecule has 0 aliphatic carbocycles. The molecule has 0 amide bonds. The molecule has 5 nitrogen and oxygen atoms in total. The lowest BCUT2D eigenvalue weighted by Crippen LogP contribution is -2.15. The Morgan fingerprint density at radius 3 is 2.47 bits per heavy atom. The highest BCUT2D eigenvalue weighted by molar-refractivity contribution is 5.37. The Morgan fingerprint density at radius 2 is 1.95 bits per heavy atom. The van der Waals surface area contributed by atoms with E-state index < -0.39 is 12.0 Å². The summed E-state index contributed by atoms with van der Waals surface area (Å²) < 4.78 is 39.0. The first kappa shape index (κ1) is 13.3. The highest BCUT2D eigenvalue weighted by Gasteiger charge is 2.35. The van der Waals surface area contributed by atoms with Crippen molar-refractivity contribution in [1.29, 1.82) is 0 Å². The Morgan fingerprint density at radius 1 is 1.26 bits per heavy atom. The Kier molecular flexibility index (Phi) is 3.17. The molecule has 19 heavy (non-hydrogen) atoms. The average molecular weight is 271 g/mol. The molecule has 0 atom stereocenters. The smallest absolute Gasteiger partial charge is 0.384 e. The van der Waals surface area contributed by atoms with E-state index >= 15 is 0 Å². The number of nitrogens with zero attached hydrogens (tertiary/aromatic N) is 4. The molecular formula is C11H12F3N5. The van der Waals surface area contributed by atoms with Crippen molar-refractivity contribution in [1.82, 2.24) is 19.7 Å². The van der Waals surface area contributed by atoms with Crippen LogP contribution in [0.1, 0.15) is 31.3 Å². The second-order valence-corrected chi connectivity index (χ2v) is 4.31. The monoisotopic (exact) mass is 271 g/mol. The zero-order valence-corrected chi connectivity index (χ0v) is 10.3. The summed E-state index contributed by atoms with van der Waals surface area (Å²) in [7, 11) is 0. The van der Waals surface area contributed by atoms with Gasteiger partial charge in [0, 0.05) is 12.3 Å². The van der Waals surface area contributed by atoms with Gasteiger partial charge in [-0.05, 0) is 12.0 Å². The molecule has 0 spiro atoms. The van der Waals surface area contributed by atoms with Gasteiger partial charge in [-0.2, -0.15) is 18.3 Å². The summed E-state index contributed by atoms with van der Waals surface area (Å²) >= 11 is 0. The normalized spacial score (nSPS) is 12.1. The van der Waals surface area contributed by atoms with Crippen molar-refractivity contribution in [2.45, 2.75) is 25.9 Å². The number of aromatic nitrogens is 4. The summed E-state index contributed by atoms with van der Waals surface area (Å²) in [5, 5.41) is 4.15. The van der Waals surface area contributed by atoms with Crippen molar-refractivity contribution in [2.75, 3.05) is 5.73 Å². The summed E-state index contributed by atoms with van der Waals surface area (Å²) in [6.45, 7) is 3.87. The maximum atomic E-state index is 12.6. The Hall–Kier alpha value is -2.12. The third kappa shape index (κ3) is 2.83. The third-order valence-electron chi connectivity index (χ3n) is 2.42. The highest BCUT2D eigenvalue weighted by Crippen LogP contribution is 2.27. The van der Waals surface area contributed by atoms with Crippen LogP contribution >= 0.6 is 0 Å². The van der Waals surface area contributed by atoms with Gasteiger partial charge in [0.05, 0.1) is 5.69 Å². The van der Waals surface area contributed by atoms with Crippen LogP contribution in [0.25, 0.3) is 5.82 Å². The van der Waals surface area contributed by atoms with Crippen LogP contribution in [-0.4, -0.2) is 19.7 Å². The number of alkyl halides is 3. The van der Waals surface area contributed by atoms with Crippen molar-refractivity contribution in [3.05, 3.63) is 29.8 Å². The summed E-state index contributed by atoms with van der Waals surface area (Å²) in [6, 6.07) is 2.96. The number of rotatable bonds is 2. The van der Waals surface area contributed by atoms with Crippen LogP contribution in [0.15, 0.2) is 18.3 Å². The molecule has 2 aromatic heterocycles. The first-order valence-electron chi connectivity index (χ1n) is 5.55. The summed E-state index contributed by atoms with van der Waals surface area (Å²) in [4.78, 5) is 6.61. The van der Waals surface area contributed by atoms with Gasteiger partial charge in [-0.25, -0.2) is 14.6 Å². The van der Waals surface area contributed by atoms with Gasteiger partial charge in [-0.1, -0.05) is 13.8 Å². The van der Waals surface area contributed by atoms with E-state index in [9.17, 15) is 13.2 Å². The predicted molar refractivity (Wildman–Crippen MR) is 62.7 cm³/mol. The molecule has 2 rings (SSSR count). The van der Waals surface area contributed by atoms with Crippen LogP contribution in [0.4, 0.5) is 19.0 Å². The fourth-order valence-electron chi connectivity index (χ4n) is 1.47. The van der Waals surface area contributed by atoms with Crippen molar-refractivity contribution >= 4 is 5.82 Å². The van der Waals surface area contributed by atoms with E-state index in [0.717, 1.165) is 5.69 Å². The Labute approximate surface area is 107 Å². The van der Waals surface area contributed by atoms with Crippen molar-refractivity contribution in [3.8, 4) is 5.82 Å². The van der Waals surface area contributed by atoms with Crippen molar-refractivity contribution in [2.24, 2.45) is 0 Å². The fraction of sp³-hybridized carbons (Fsp3) is 0.364. The first-order valence-corrected chi connectivity index (χ1v) is 5.55. The molecule has 0 aromatic carbocycles. The standard InChI is InChI=1S/C11H12F3N5/c1-6(2)7-3-4-19(18-7)9-5-8(15)16-10(17-9)11(12,13)14/h3-6H,1-2H3,(H2,15,16,17). The van der Waals surface area contributed by atoms with Gasteiger partial charge < -0.3 is 5.73 Å². The zero-order valence-electron chi connectivity index (χ0n) is 10.3. The van der Waals surface area contributed by atoms with Gasteiger partial charge in [0.15, 0.2) is 5.82 Å². The molecule has 0 aliphatic rings. The lowest BCUT2D eigenvalue weighted by Gasteiger charge is -2.08. The molecule has 0 bridgehead atoms. The van der Waals surface area contributed by atoms with Crippen LogP contribution in [0.2, 0.25) is 0 Å². The van der Waals surface area contributed by atoms with E-state index in [1.165, 1.54) is 16.9 Å². The number of hydrogen-bond donors (Lipinski definition) is 1. The van der Waals surface area contributed by atoms with Gasteiger partial charge in [0.25, 0.3) is 0 Å². The molecule has 2 N–H and O–H groups in total. The predicted octanol–water partition coefficient (Wildman–Crippen LogP) is 2.39. The van der Waals surface area contributed by atoms with E-state index in [1.54, 1.807) is 6.07 Å². The van der Waals surface area contributed by atoms with Gasteiger partial charge in [0.1, 0.15) is 5.82 Å².